The van der Waals surface area contributed by atoms with Crippen LogP contribution in [0.25, 0.3) is 0 Å². The molecule has 1 aromatic heterocycles. The largest absolute Gasteiger partial charge is 0.379 e. The number of hydrogen-bond donors (Lipinski definition) is 1. The van der Waals surface area contributed by atoms with Gasteiger partial charge in [-0.3, -0.25) is 0 Å². The van der Waals surface area contributed by atoms with Crippen molar-refractivity contribution in [1.82, 2.24) is 15.0 Å². The minimum atomic E-state index is 0.327. The van der Waals surface area contributed by atoms with Gasteiger partial charge in [0.15, 0.2) is 0 Å². The third-order valence-electron chi connectivity index (χ3n) is 2.28. The summed E-state index contributed by atoms with van der Waals surface area (Å²) >= 11 is 0. The second-order valence-corrected chi connectivity index (χ2v) is 4.15. The number of aromatic nitrogens is 3. The number of nitrogens with two attached hydrogens (primary N) is 1. The molecule has 0 saturated heterocycles. The van der Waals surface area contributed by atoms with Crippen LogP contribution in [0.15, 0.2) is 6.20 Å². The minimum absolute atomic E-state index is 0.327. The molecular formula is C17H40N4O3. The Bertz CT molecular complexity index is 321. The number of ether oxygens (including phenoxy) is 3. The molecule has 1 aromatic rings. The van der Waals surface area contributed by atoms with Crippen molar-refractivity contribution in [2.75, 3.05) is 40.1 Å². The molecule has 7 heteroatoms. The van der Waals surface area contributed by atoms with Crippen molar-refractivity contribution in [3.05, 3.63) is 11.9 Å². The molecule has 0 aliphatic rings. The predicted octanol–water partition coefficient (Wildman–Crippen LogP) is 3.06. The van der Waals surface area contributed by atoms with Crippen molar-refractivity contribution in [1.29, 1.82) is 0 Å². The highest BCUT2D eigenvalue weighted by Crippen LogP contribution is 2.03. The van der Waals surface area contributed by atoms with Crippen LogP contribution >= 0.6 is 0 Å². The van der Waals surface area contributed by atoms with Gasteiger partial charge in [-0.05, 0) is 27.8 Å². The van der Waals surface area contributed by atoms with E-state index in [4.69, 9.17) is 14.2 Å². The summed E-state index contributed by atoms with van der Waals surface area (Å²) in [6, 6.07) is 0.327. The van der Waals surface area contributed by atoms with Crippen molar-refractivity contribution < 1.29 is 14.2 Å². The Labute approximate surface area is 148 Å². The van der Waals surface area contributed by atoms with Crippen LogP contribution < -0.4 is 5.73 Å². The average molecular weight is 349 g/mol. The molecule has 0 aromatic carbocycles. The van der Waals surface area contributed by atoms with Crippen LogP contribution in [-0.2, 0) is 20.8 Å². The second-order valence-electron chi connectivity index (χ2n) is 4.15. The van der Waals surface area contributed by atoms with Gasteiger partial charge in [0.25, 0.3) is 0 Å². The summed E-state index contributed by atoms with van der Waals surface area (Å²) < 4.78 is 17.7. The number of hydrogen-bond acceptors (Lipinski definition) is 6. The Kier molecular flexibility index (Phi) is 28.1. The fourth-order valence-electron chi connectivity index (χ4n) is 1.29. The average Bonchev–Trinajstić information content (AvgIpc) is 3.12. The zero-order chi connectivity index (χ0) is 19.2. The maximum atomic E-state index is 5.44. The summed E-state index contributed by atoms with van der Waals surface area (Å²) in [4.78, 5) is 0. The van der Waals surface area contributed by atoms with Crippen LogP contribution in [-0.4, -0.2) is 55.1 Å². The van der Waals surface area contributed by atoms with Crippen molar-refractivity contribution in [2.24, 2.45) is 5.73 Å². The SMILES string of the molecule is CC.CC.CCOCCOCCOCc1cn(C(C)C)nn1.CN. The van der Waals surface area contributed by atoms with Crippen molar-refractivity contribution >= 4 is 0 Å². The topological polar surface area (TPSA) is 84.4 Å². The Morgan fingerprint density at radius 3 is 1.92 bits per heavy atom. The first-order chi connectivity index (χ1) is 11.7. The van der Waals surface area contributed by atoms with Gasteiger partial charge in [0, 0.05) is 12.6 Å². The van der Waals surface area contributed by atoms with E-state index in [0.29, 0.717) is 39.1 Å². The zero-order valence-corrected chi connectivity index (χ0v) is 17.0. The number of rotatable bonds is 10. The molecule has 1 heterocycles. The lowest BCUT2D eigenvalue weighted by atomic mass is 10.4. The third kappa shape index (κ3) is 17.3. The van der Waals surface area contributed by atoms with Gasteiger partial charge in [0.05, 0.1) is 39.2 Å². The Morgan fingerprint density at radius 2 is 1.46 bits per heavy atom. The maximum absolute atomic E-state index is 5.44. The van der Waals surface area contributed by atoms with Crippen LogP contribution in [0, 0.1) is 0 Å². The van der Waals surface area contributed by atoms with Gasteiger partial charge >= 0.3 is 0 Å². The van der Waals surface area contributed by atoms with E-state index < -0.39 is 0 Å². The summed E-state index contributed by atoms with van der Waals surface area (Å²) in [5.74, 6) is 0. The lowest BCUT2D eigenvalue weighted by Gasteiger charge is -2.04. The van der Waals surface area contributed by atoms with E-state index in [1.54, 1.807) is 0 Å². The van der Waals surface area contributed by atoms with Gasteiger partial charge in [-0.25, -0.2) is 4.68 Å². The lowest BCUT2D eigenvalue weighted by molar-refractivity contribution is 0.0122. The molecule has 0 aliphatic carbocycles. The van der Waals surface area contributed by atoms with Crippen LogP contribution in [0.3, 0.4) is 0 Å². The summed E-state index contributed by atoms with van der Waals surface area (Å²) in [6.07, 6.45) is 1.90. The molecule has 2 N–H and O–H groups in total. The van der Waals surface area contributed by atoms with E-state index >= 15 is 0 Å². The lowest BCUT2D eigenvalue weighted by Crippen LogP contribution is -2.09. The summed E-state index contributed by atoms with van der Waals surface area (Å²) in [6.45, 7) is 17.7. The quantitative estimate of drug-likeness (QED) is 0.654. The molecule has 0 radical (unpaired) electrons. The highest BCUT2D eigenvalue weighted by atomic mass is 16.5. The molecule has 0 atom stereocenters. The molecule has 146 valence electrons. The van der Waals surface area contributed by atoms with E-state index in [1.165, 1.54) is 7.05 Å². The van der Waals surface area contributed by atoms with Gasteiger partial charge in [0.1, 0.15) is 5.69 Å². The predicted molar refractivity (Wildman–Crippen MR) is 100 cm³/mol. The number of nitrogens with zero attached hydrogens (tertiary/aromatic N) is 3. The molecule has 24 heavy (non-hydrogen) atoms. The fraction of sp³-hybridized carbons (Fsp3) is 0.882. The molecule has 0 bridgehead atoms. The molecule has 7 nitrogen and oxygen atoms in total. The van der Waals surface area contributed by atoms with E-state index in [9.17, 15) is 0 Å². The van der Waals surface area contributed by atoms with Gasteiger partial charge in [0.2, 0.25) is 0 Å². The van der Waals surface area contributed by atoms with Gasteiger partial charge < -0.3 is 19.9 Å². The smallest absolute Gasteiger partial charge is 0.108 e. The summed E-state index contributed by atoms with van der Waals surface area (Å²) in [5, 5.41) is 8.03. The normalized spacial score (nSPS) is 9.25. The van der Waals surface area contributed by atoms with Crippen molar-refractivity contribution in [3.8, 4) is 0 Å². The zero-order valence-electron chi connectivity index (χ0n) is 17.0. The Morgan fingerprint density at radius 1 is 0.958 bits per heavy atom. The van der Waals surface area contributed by atoms with Crippen molar-refractivity contribution in [2.45, 2.75) is 61.1 Å². The van der Waals surface area contributed by atoms with Gasteiger partial charge in [-0.2, -0.15) is 0 Å². The summed E-state index contributed by atoms with van der Waals surface area (Å²) in [5.41, 5.74) is 5.35. The van der Waals surface area contributed by atoms with Gasteiger partial charge in [-0.15, -0.1) is 5.10 Å². The van der Waals surface area contributed by atoms with Crippen molar-refractivity contribution in [3.63, 3.8) is 0 Å². The van der Waals surface area contributed by atoms with Crippen LogP contribution in [0.2, 0.25) is 0 Å². The third-order valence-corrected chi connectivity index (χ3v) is 2.28. The first-order valence-electron chi connectivity index (χ1n) is 8.95. The standard InChI is InChI=1S/C12H23N3O3.2C2H6.CH5N/c1-4-16-5-6-17-7-8-18-10-12-9-15(11(2)3)14-13-12;3*1-2/h9,11H,4-8,10H2,1-3H3;2*1-2H3;2H2,1H3. The van der Waals surface area contributed by atoms with E-state index in [2.05, 4.69) is 29.9 Å². The highest BCUT2D eigenvalue weighted by molar-refractivity contribution is 4.90. The first-order valence-corrected chi connectivity index (χ1v) is 8.95. The van der Waals surface area contributed by atoms with Crippen LogP contribution in [0.4, 0.5) is 0 Å². The second kappa shape index (κ2) is 24.2. The Balaban J connectivity index is -0.000000659. The van der Waals surface area contributed by atoms with E-state index in [0.717, 1.165) is 12.3 Å². The molecule has 0 saturated carbocycles. The molecule has 0 aliphatic heterocycles. The molecule has 0 spiro atoms. The molecule has 0 unspecified atom stereocenters. The minimum Gasteiger partial charge on any atom is -0.379 e. The molecule has 0 fully saturated rings. The highest BCUT2D eigenvalue weighted by Gasteiger charge is 2.03. The summed E-state index contributed by atoms with van der Waals surface area (Å²) in [7, 11) is 1.50. The van der Waals surface area contributed by atoms with E-state index in [-0.39, 0.29) is 0 Å². The van der Waals surface area contributed by atoms with E-state index in [1.807, 2.05) is 45.5 Å². The molecular weight excluding hydrogens is 308 g/mol. The molecule has 1 rings (SSSR count). The Hall–Kier alpha value is -1.02. The monoisotopic (exact) mass is 348 g/mol. The maximum Gasteiger partial charge on any atom is 0.108 e. The first kappa shape index (κ1) is 27.8. The fourth-order valence-corrected chi connectivity index (χ4v) is 1.29. The molecule has 0 amide bonds. The van der Waals surface area contributed by atoms with Crippen LogP contribution in [0.1, 0.15) is 60.2 Å². The van der Waals surface area contributed by atoms with Gasteiger partial charge in [-0.1, -0.05) is 32.9 Å². The van der Waals surface area contributed by atoms with Crippen LogP contribution in [0.5, 0.6) is 0 Å².